The Balaban J connectivity index is 2.36. The first-order chi connectivity index (χ1) is 9.99. The highest BCUT2D eigenvalue weighted by atomic mass is 35.5. The number of carbonyl (C=O) groups is 1. The van der Waals surface area contributed by atoms with Gasteiger partial charge in [0, 0.05) is 16.3 Å². The Morgan fingerprint density at radius 1 is 1.24 bits per heavy atom. The van der Waals surface area contributed by atoms with Crippen molar-refractivity contribution < 1.29 is 9.90 Å². The van der Waals surface area contributed by atoms with Crippen LogP contribution in [-0.2, 0) is 0 Å². The molecule has 0 bridgehead atoms. The summed E-state index contributed by atoms with van der Waals surface area (Å²) in [5.41, 5.74) is 3.71. The summed E-state index contributed by atoms with van der Waals surface area (Å²) in [5, 5.41) is 10.2. The second kappa shape index (κ2) is 4.90. The number of rotatable bonds is 2. The van der Waals surface area contributed by atoms with Crippen LogP contribution in [0.3, 0.4) is 0 Å². The maximum absolute atomic E-state index is 11.7. The van der Waals surface area contributed by atoms with Crippen LogP contribution in [0.1, 0.15) is 21.7 Å². The number of fused-ring (bicyclic) bond motifs is 1. The average molecular weight is 301 g/mol. The Bertz CT molecular complexity index is 868. The van der Waals surface area contributed by atoms with Crippen molar-refractivity contribution in [3.05, 3.63) is 58.4 Å². The molecule has 0 aliphatic rings. The van der Waals surface area contributed by atoms with Crippen molar-refractivity contribution in [1.82, 2.24) is 9.38 Å². The Kier molecular flexibility index (Phi) is 3.18. The van der Waals surface area contributed by atoms with E-state index in [1.807, 2.05) is 32.0 Å². The van der Waals surface area contributed by atoms with Crippen LogP contribution in [0, 0.1) is 13.8 Å². The van der Waals surface area contributed by atoms with Gasteiger partial charge in [0.25, 0.3) is 0 Å². The number of aryl methyl sites for hydroxylation is 2. The van der Waals surface area contributed by atoms with Crippen molar-refractivity contribution in [1.29, 1.82) is 0 Å². The Hall–Kier alpha value is -2.33. The van der Waals surface area contributed by atoms with Crippen molar-refractivity contribution in [2.24, 2.45) is 0 Å². The molecule has 0 amide bonds. The monoisotopic (exact) mass is 300 g/mol. The summed E-state index contributed by atoms with van der Waals surface area (Å²) in [5.74, 6) is -1.00. The van der Waals surface area contributed by atoms with Gasteiger partial charge in [-0.1, -0.05) is 23.7 Å². The Morgan fingerprint density at radius 2 is 2.00 bits per heavy atom. The Labute approximate surface area is 126 Å². The molecule has 4 nitrogen and oxygen atoms in total. The standard InChI is InChI=1S/C16H13ClN2O2/c1-9-8-11(6-7-12(9)17)14-15(16(20)21)19-10(2)4-3-5-13(19)18-14/h3-8H,1-2H3,(H,20,21). The molecule has 0 saturated carbocycles. The van der Waals surface area contributed by atoms with Gasteiger partial charge in [-0.2, -0.15) is 0 Å². The van der Waals surface area contributed by atoms with Crippen LogP contribution in [0.2, 0.25) is 5.02 Å². The van der Waals surface area contributed by atoms with Gasteiger partial charge in [0.15, 0.2) is 5.69 Å². The Morgan fingerprint density at radius 3 is 2.67 bits per heavy atom. The molecule has 21 heavy (non-hydrogen) atoms. The zero-order valence-corrected chi connectivity index (χ0v) is 12.3. The van der Waals surface area contributed by atoms with E-state index in [9.17, 15) is 9.90 Å². The first kappa shape index (κ1) is 13.6. The predicted octanol–water partition coefficient (Wildman–Crippen LogP) is 3.97. The van der Waals surface area contributed by atoms with E-state index in [0.29, 0.717) is 16.4 Å². The first-order valence-corrected chi connectivity index (χ1v) is 6.84. The molecule has 1 N–H and O–H groups in total. The highest BCUT2D eigenvalue weighted by molar-refractivity contribution is 6.31. The molecule has 2 heterocycles. The lowest BCUT2D eigenvalue weighted by atomic mass is 10.1. The summed E-state index contributed by atoms with van der Waals surface area (Å²) in [7, 11) is 0. The van der Waals surface area contributed by atoms with Crippen LogP contribution >= 0.6 is 11.6 Å². The van der Waals surface area contributed by atoms with E-state index in [0.717, 1.165) is 16.8 Å². The van der Waals surface area contributed by atoms with Crippen LogP contribution < -0.4 is 0 Å². The topological polar surface area (TPSA) is 54.6 Å². The van der Waals surface area contributed by atoms with E-state index in [-0.39, 0.29) is 5.69 Å². The normalized spacial score (nSPS) is 11.0. The third-order valence-electron chi connectivity index (χ3n) is 3.47. The smallest absolute Gasteiger partial charge is 0.355 e. The highest BCUT2D eigenvalue weighted by Gasteiger charge is 2.21. The van der Waals surface area contributed by atoms with E-state index >= 15 is 0 Å². The van der Waals surface area contributed by atoms with Crippen LogP contribution in [0.15, 0.2) is 36.4 Å². The number of hydrogen-bond acceptors (Lipinski definition) is 2. The van der Waals surface area contributed by atoms with Crippen molar-refractivity contribution >= 4 is 23.2 Å². The maximum Gasteiger partial charge on any atom is 0.355 e. The summed E-state index contributed by atoms with van der Waals surface area (Å²) in [4.78, 5) is 16.2. The SMILES string of the molecule is Cc1cc(-c2nc3cccc(C)n3c2C(=O)O)ccc1Cl. The fraction of sp³-hybridized carbons (Fsp3) is 0.125. The fourth-order valence-corrected chi connectivity index (χ4v) is 2.56. The second-order valence-corrected chi connectivity index (χ2v) is 5.35. The van der Waals surface area contributed by atoms with Gasteiger partial charge < -0.3 is 5.11 Å². The number of carboxylic acid groups (broad SMARTS) is 1. The maximum atomic E-state index is 11.7. The highest BCUT2D eigenvalue weighted by Crippen LogP contribution is 2.28. The molecule has 2 aromatic heterocycles. The van der Waals surface area contributed by atoms with E-state index < -0.39 is 5.97 Å². The minimum Gasteiger partial charge on any atom is -0.476 e. The molecule has 0 unspecified atom stereocenters. The van der Waals surface area contributed by atoms with Gasteiger partial charge in [0.05, 0.1) is 0 Å². The van der Waals surface area contributed by atoms with Gasteiger partial charge in [-0.05, 0) is 43.7 Å². The van der Waals surface area contributed by atoms with Crippen LogP contribution in [0.4, 0.5) is 0 Å². The van der Waals surface area contributed by atoms with Crippen molar-refractivity contribution in [3.8, 4) is 11.3 Å². The van der Waals surface area contributed by atoms with Gasteiger partial charge >= 0.3 is 5.97 Å². The molecule has 106 valence electrons. The number of aromatic nitrogens is 2. The molecular formula is C16H13ClN2O2. The summed E-state index contributed by atoms with van der Waals surface area (Å²) in [6.07, 6.45) is 0. The number of pyridine rings is 1. The summed E-state index contributed by atoms with van der Waals surface area (Å²) in [6, 6.07) is 10.9. The van der Waals surface area contributed by atoms with Gasteiger partial charge in [0.1, 0.15) is 11.3 Å². The van der Waals surface area contributed by atoms with Gasteiger partial charge in [-0.25, -0.2) is 9.78 Å². The molecule has 3 aromatic rings. The van der Waals surface area contributed by atoms with Crippen molar-refractivity contribution in [2.45, 2.75) is 13.8 Å². The molecular weight excluding hydrogens is 288 g/mol. The lowest BCUT2D eigenvalue weighted by Gasteiger charge is -2.04. The molecule has 0 saturated heterocycles. The number of carboxylic acids is 1. The summed E-state index contributed by atoms with van der Waals surface area (Å²) in [6.45, 7) is 3.74. The average Bonchev–Trinajstić information content (AvgIpc) is 2.83. The molecule has 5 heteroatoms. The van der Waals surface area contributed by atoms with Gasteiger partial charge in [-0.3, -0.25) is 4.40 Å². The van der Waals surface area contributed by atoms with E-state index in [2.05, 4.69) is 4.98 Å². The van der Waals surface area contributed by atoms with Gasteiger partial charge in [-0.15, -0.1) is 0 Å². The van der Waals surface area contributed by atoms with E-state index in [4.69, 9.17) is 11.6 Å². The molecule has 0 fully saturated rings. The lowest BCUT2D eigenvalue weighted by Crippen LogP contribution is -2.05. The molecule has 0 spiro atoms. The van der Waals surface area contributed by atoms with E-state index in [1.54, 1.807) is 22.6 Å². The molecule has 0 atom stereocenters. The largest absolute Gasteiger partial charge is 0.476 e. The third kappa shape index (κ3) is 2.17. The number of imidazole rings is 1. The lowest BCUT2D eigenvalue weighted by molar-refractivity contribution is 0.0690. The van der Waals surface area contributed by atoms with Crippen molar-refractivity contribution in [2.75, 3.05) is 0 Å². The molecule has 3 rings (SSSR count). The zero-order valence-electron chi connectivity index (χ0n) is 11.6. The van der Waals surface area contributed by atoms with Crippen LogP contribution in [0.25, 0.3) is 16.9 Å². The minimum absolute atomic E-state index is 0.171. The number of benzene rings is 1. The van der Waals surface area contributed by atoms with E-state index in [1.165, 1.54) is 0 Å². The summed E-state index contributed by atoms with van der Waals surface area (Å²) >= 11 is 6.03. The van der Waals surface area contributed by atoms with Crippen LogP contribution in [0.5, 0.6) is 0 Å². The zero-order chi connectivity index (χ0) is 15.1. The third-order valence-corrected chi connectivity index (χ3v) is 3.90. The summed E-state index contributed by atoms with van der Waals surface area (Å²) < 4.78 is 1.65. The fourth-order valence-electron chi connectivity index (χ4n) is 2.44. The van der Waals surface area contributed by atoms with Crippen molar-refractivity contribution in [3.63, 3.8) is 0 Å². The predicted molar refractivity (Wildman–Crippen MR) is 82.1 cm³/mol. The molecule has 1 aromatic carbocycles. The quantitative estimate of drug-likeness (QED) is 0.779. The second-order valence-electron chi connectivity index (χ2n) is 4.94. The van der Waals surface area contributed by atoms with Crippen LogP contribution in [-0.4, -0.2) is 20.5 Å². The molecule has 0 aliphatic carbocycles. The first-order valence-electron chi connectivity index (χ1n) is 6.47. The molecule has 0 radical (unpaired) electrons. The number of hydrogen-bond donors (Lipinski definition) is 1. The minimum atomic E-state index is -1.00. The number of aromatic carboxylic acids is 1. The number of nitrogens with zero attached hydrogens (tertiary/aromatic N) is 2. The number of halogens is 1. The van der Waals surface area contributed by atoms with Gasteiger partial charge in [0.2, 0.25) is 0 Å². The molecule has 0 aliphatic heterocycles.